The Kier molecular flexibility index (Phi) is 3.33. The first kappa shape index (κ1) is 9.79. The van der Waals surface area contributed by atoms with Crippen molar-refractivity contribution in [3.05, 3.63) is 12.2 Å². The van der Waals surface area contributed by atoms with E-state index < -0.39 is 0 Å². The maximum Gasteiger partial charge on any atom is 0.0540 e. The maximum atomic E-state index is 9.43. The zero-order chi connectivity index (χ0) is 9.14. The van der Waals surface area contributed by atoms with Crippen molar-refractivity contribution in [1.82, 2.24) is 0 Å². The van der Waals surface area contributed by atoms with Gasteiger partial charge in [0.05, 0.1) is 6.10 Å². The van der Waals surface area contributed by atoms with Gasteiger partial charge in [-0.3, -0.25) is 0 Å². The van der Waals surface area contributed by atoms with Gasteiger partial charge in [0, 0.05) is 0 Å². The lowest BCUT2D eigenvalue weighted by molar-refractivity contribution is 0.0839. The van der Waals surface area contributed by atoms with Gasteiger partial charge in [-0.15, -0.1) is 0 Å². The van der Waals surface area contributed by atoms with Crippen LogP contribution < -0.4 is 0 Å². The summed E-state index contributed by atoms with van der Waals surface area (Å²) in [4.78, 5) is 0. The lowest BCUT2D eigenvalue weighted by Crippen LogP contribution is -2.25. The fourth-order valence-electron chi connectivity index (χ4n) is 1.94. The van der Waals surface area contributed by atoms with Gasteiger partial charge in [-0.05, 0) is 37.5 Å². The Morgan fingerprint density at radius 2 is 1.67 bits per heavy atom. The van der Waals surface area contributed by atoms with Crippen LogP contribution >= 0.6 is 0 Å². The summed E-state index contributed by atoms with van der Waals surface area (Å²) in [5, 5.41) is 9.43. The van der Waals surface area contributed by atoms with Crippen molar-refractivity contribution in [3.63, 3.8) is 0 Å². The molecule has 0 aromatic carbocycles. The number of aliphatic hydroxyl groups is 1. The van der Waals surface area contributed by atoms with Crippen molar-refractivity contribution in [2.75, 3.05) is 0 Å². The molecule has 1 aliphatic carbocycles. The molecule has 3 atom stereocenters. The second-order valence-electron chi connectivity index (χ2n) is 4.16. The third kappa shape index (κ3) is 2.10. The van der Waals surface area contributed by atoms with Gasteiger partial charge in [0.1, 0.15) is 0 Å². The predicted molar refractivity (Wildman–Crippen MR) is 51.9 cm³/mol. The van der Waals surface area contributed by atoms with Crippen molar-refractivity contribution in [2.24, 2.45) is 17.8 Å². The minimum atomic E-state index is -0.166. The van der Waals surface area contributed by atoms with Crippen LogP contribution in [0.2, 0.25) is 0 Å². The van der Waals surface area contributed by atoms with E-state index in [1.165, 1.54) is 12.8 Å². The summed E-state index contributed by atoms with van der Waals surface area (Å²) in [7, 11) is 0. The Labute approximate surface area is 75.5 Å². The van der Waals surface area contributed by atoms with Gasteiger partial charge < -0.3 is 5.11 Å². The summed E-state index contributed by atoms with van der Waals surface area (Å²) < 4.78 is 0. The molecule has 12 heavy (non-hydrogen) atoms. The molecule has 0 heterocycles. The molecule has 0 aromatic rings. The highest BCUT2D eigenvalue weighted by Crippen LogP contribution is 2.32. The monoisotopic (exact) mass is 168 g/mol. The smallest absolute Gasteiger partial charge is 0.0540 e. The van der Waals surface area contributed by atoms with Gasteiger partial charge in [-0.1, -0.05) is 26.0 Å². The maximum absolute atomic E-state index is 9.43. The largest absolute Gasteiger partial charge is 0.393 e. The fourth-order valence-corrected chi connectivity index (χ4v) is 1.94. The molecule has 1 nitrogen and oxygen atoms in total. The van der Waals surface area contributed by atoms with Crippen LogP contribution in [0.15, 0.2) is 12.2 Å². The highest BCUT2D eigenvalue weighted by molar-refractivity contribution is 4.96. The van der Waals surface area contributed by atoms with E-state index >= 15 is 0 Å². The quantitative estimate of drug-likeness (QED) is 0.642. The van der Waals surface area contributed by atoms with Crippen LogP contribution in [0.1, 0.15) is 33.6 Å². The molecule has 1 rings (SSSR count). The third-order valence-electron chi connectivity index (χ3n) is 3.38. The van der Waals surface area contributed by atoms with Crippen molar-refractivity contribution in [1.29, 1.82) is 0 Å². The van der Waals surface area contributed by atoms with Crippen molar-refractivity contribution < 1.29 is 5.11 Å². The van der Waals surface area contributed by atoms with E-state index in [9.17, 15) is 5.11 Å². The zero-order valence-electron chi connectivity index (χ0n) is 8.33. The molecule has 1 N–H and O–H groups in total. The van der Waals surface area contributed by atoms with E-state index in [4.69, 9.17) is 0 Å². The second-order valence-corrected chi connectivity index (χ2v) is 4.16. The average Bonchev–Trinajstić information content (AvgIpc) is 2.53. The lowest BCUT2D eigenvalue weighted by atomic mass is 9.80. The van der Waals surface area contributed by atoms with E-state index in [1.54, 1.807) is 0 Å². The molecule has 0 radical (unpaired) electrons. The molecule has 1 heteroatoms. The number of rotatable bonds is 3. The van der Waals surface area contributed by atoms with Crippen LogP contribution in [-0.4, -0.2) is 11.2 Å². The van der Waals surface area contributed by atoms with Crippen LogP contribution in [0.4, 0.5) is 0 Å². The Morgan fingerprint density at radius 3 is 2.08 bits per heavy atom. The lowest BCUT2D eigenvalue weighted by Gasteiger charge is -2.27. The number of hydrogen-bond donors (Lipinski definition) is 1. The summed E-state index contributed by atoms with van der Waals surface area (Å²) in [5.41, 5.74) is 0. The summed E-state index contributed by atoms with van der Waals surface area (Å²) >= 11 is 0. The van der Waals surface area contributed by atoms with Gasteiger partial charge in [-0.25, -0.2) is 0 Å². The Balaban J connectivity index is 2.41. The summed E-state index contributed by atoms with van der Waals surface area (Å²) in [6, 6.07) is 0. The van der Waals surface area contributed by atoms with Gasteiger partial charge in [0.25, 0.3) is 0 Å². The van der Waals surface area contributed by atoms with Crippen molar-refractivity contribution in [3.8, 4) is 0 Å². The molecule has 0 saturated carbocycles. The third-order valence-corrected chi connectivity index (χ3v) is 3.38. The molecule has 3 unspecified atom stereocenters. The number of hydrogen-bond acceptors (Lipinski definition) is 1. The average molecular weight is 168 g/mol. The van der Waals surface area contributed by atoms with Crippen LogP contribution in [0.25, 0.3) is 0 Å². The number of allylic oxidation sites excluding steroid dienone is 2. The Hall–Kier alpha value is -0.300. The normalized spacial score (nSPS) is 25.7. The molecule has 0 aromatic heterocycles. The SMILES string of the molecule is CC(O)C(C)C(C)C1CC=CC1. The molecule has 0 amide bonds. The first-order valence-electron chi connectivity index (χ1n) is 4.96. The molecule has 70 valence electrons. The number of aliphatic hydroxyl groups excluding tert-OH is 1. The predicted octanol–water partition coefficient (Wildman–Crippen LogP) is 2.61. The van der Waals surface area contributed by atoms with Crippen molar-refractivity contribution >= 4 is 0 Å². The Bertz CT molecular complexity index is 150. The molecule has 0 bridgehead atoms. The molecule has 0 aliphatic heterocycles. The minimum Gasteiger partial charge on any atom is -0.393 e. The van der Waals surface area contributed by atoms with E-state index in [0.717, 1.165) is 5.92 Å². The topological polar surface area (TPSA) is 20.2 Å². The van der Waals surface area contributed by atoms with Gasteiger partial charge in [0.2, 0.25) is 0 Å². The van der Waals surface area contributed by atoms with Crippen LogP contribution in [0.5, 0.6) is 0 Å². The molecular weight excluding hydrogens is 148 g/mol. The molecule has 1 aliphatic rings. The standard InChI is InChI=1S/C11H20O/c1-8(10(3)12)9(2)11-6-4-5-7-11/h4-5,8-12H,6-7H2,1-3H3. The van der Waals surface area contributed by atoms with Gasteiger partial charge in [0.15, 0.2) is 0 Å². The second kappa shape index (κ2) is 4.08. The molecule has 0 saturated heterocycles. The highest BCUT2D eigenvalue weighted by atomic mass is 16.3. The van der Waals surface area contributed by atoms with E-state index in [-0.39, 0.29) is 6.10 Å². The fraction of sp³-hybridized carbons (Fsp3) is 0.818. The summed E-state index contributed by atoms with van der Waals surface area (Å²) in [5.74, 6) is 1.84. The molecule has 0 spiro atoms. The van der Waals surface area contributed by atoms with Gasteiger partial charge in [-0.2, -0.15) is 0 Å². The van der Waals surface area contributed by atoms with Crippen molar-refractivity contribution in [2.45, 2.75) is 39.7 Å². The van der Waals surface area contributed by atoms with Gasteiger partial charge >= 0.3 is 0 Å². The summed E-state index contributed by atoms with van der Waals surface area (Å²) in [6.07, 6.45) is 6.77. The zero-order valence-corrected chi connectivity index (χ0v) is 8.33. The first-order valence-corrected chi connectivity index (χ1v) is 4.96. The Morgan fingerprint density at radius 1 is 1.17 bits per heavy atom. The van der Waals surface area contributed by atoms with E-state index in [0.29, 0.717) is 11.8 Å². The van der Waals surface area contributed by atoms with E-state index in [2.05, 4.69) is 26.0 Å². The van der Waals surface area contributed by atoms with Crippen LogP contribution in [0, 0.1) is 17.8 Å². The minimum absolute atomic E-state index is 0.166. The first-order chi connectivity index (χ1) is 5.63. The molecule has 0 fully saturated rings. The van der Waals surface area contributed by atoms with E-state index in [1.807, 2.05) is 6.92 Å². The highest BCUT2D eigenvalue weighted by Gasteiger charge is 2.25. The van der Waals surface area contributed by atoms with Crippen LogP contribution in [-0.2, 0) is 0 Å². The van der Waals surface area contributed by atoms with Crippen LogP contribution in [0.3, 0.4) is 0 Å². The summed E-state index contributed by atoms with van der Waals surface area (Å²) in [6.45, 7) is 6.30. The molecular formula is C11H20O.